The van der Waals surface area contributed by atoms with Gasteiger partial charge in [0.05, 0.1) is 13.7 Å². The average molecular weight is 229 g/mol. The SMILES string of the molecule is CCNCC(F)(F)c1ccc(C)c(OC)c1. The lowest BCUT2D eigenvalue weighted by Gasteiger charge is -2.18. The fourth-order valence-corrected chi connectivity index (χ4v) is 1.43. The molecule has 0 bridgehead atoms. The maximum atomic E-state index is 13.7. The van der Waals surface area contributed by atoms with Crippen LogP contribution in [0.5, 0.6) is 5.75 Å². The summed E-state index contributed by atoms with van der Waals surface area (Å²) in [4.78, 5) is 0. The Hall–Kier alpha value is -1.16. The molecule has 0 aliphatic rings. The first-order valence-electron chi connectivity index (χ1n) is 5.25. The van der Waals surface area contributed by atoms with Gasteiger partial charge in [-0.15, -0.1) is 0 Å². The van der Waals surface area contributed by atoms with E-state index in [0.29, 0.717) is 12.3 Å². The molecule has 1 N–H and O–H groups in total. The lowest BCUT2D eigenvalue weighted by Crippen LogP contribution is -2.30. The highest BCUT2D eigenvalue weighted by molar-refractivity contribution is 5.38. The van der Waals surface area contributed by atoms with Gasteiger partial charge in [0.1, 0.15) is 5.75 Å². The van der Waals surface area contributed by atoms with Crippen molar-refractivity contribution < 1.29 is 13.5 Å². The van der Waals surface area contributed by atoms with E-state index in [2.05, 4.69) is 5.32 Å². The molecule has 0 unspecified atom stereocenters. The predicted octanol–water partition coefficient (Wildman–Crippen LogP) is 2.70. The van der Waals surface area contributed by atoms with E-state index in [1.807, 2.05) is 6.92 Å². The van der Waals surface area contributed by atoms with Crippen molar-refractivity contribution in [2.45, 2.75) is 19.8 Å². The number of hydrogen-bond donors (Lipinski definition) is 1. The summed E-state index contributed by atoms with van der Waals surface area (Å²) in [6.07, 6.45) is 0. The molecule has 0 saturated carbocycles. The topological polar surface area (TPSA) is 21.3 Å². The quantitative estimate of drug-likeness (QED) is 0.838. The fourth-order valence-electron chi connectivity index (χ4n) is 1.43. The standard InChI is InChI=1S/C12H17F2NO/c1-4-15-8-12(13,14)10-6-5-9(2)11(7-10)16-3/h5-7,15H,4,8H2,1-3H3. The molecule has 0 heterocycles. The number of halogens is 2. The molecule has 4 heteroatoms. The summed E-state index contributed by atoms with van der Waals surface area (Å²) in [7, 11) is 1.48. The van der Waals surface area contributed by atoms with Crippen molar-refractivity contribution in [3.8, 4) is 5.75 Å². The van der Waals surface area contributed by atoms with Gasteiger partial charge < -0.3 is 10.1 Å². The van der Waals surface area contributed by atoms with Gasteiger partial charge in [0.25, 0.3) is 5.92 Å². The second-order valence-corrected chi connectivity index (χ2v) is 3.67. The third-order valence-corrected chi connectivity index (χ3v) is 2.43. The van der Waals surface area contributed by atoms with Crippen molar-refractivity contribution in [2.24, 2.45) is 0 Å². The predicted molar refractivity (Wildman–Crippen MR) is 60.2 cm³/mol. The molecular formula is C12H17F2NO. The van der Waals surface area contributed by atoms with Crippen LogP contribution in [0.25, 0.3) is 0 Å². The molecule has 0 saturated heterocycles. The number of aryl methyl sites for hydroxylation is 1. The molecule has 90 valence electrons. The van der Waals surface area contributed by atoms with Crippen molar-refractivity contribution in [3.63, 3.8) is 0 Å². The van der Waals surface area contributed by atoms with Crippen molar-refractivity contribution in [2.75, 3.05) is 20.2 Å². The van der Waals surface area contributed by atoms with Gasteiger partial charge >= 0.3 is 0 Å². The van der Waals surface area contributed by atoms with E-state index in [4.69, 9.17) is 4.74 Å². The smallest absolute Gasteiger partial charge is 0.285 e. The van der Waals surface area contributed by atoms with Crippen LogP contribution >= 0.6 is 0 Å². The highest BCUT2D eigenvalue weighted by atomic mass is 19.3. The Kier molecular flexibility index (Phi) is 4.24. The first-order valence-corrected chi connectivity index (χ1v) is 5.25. The molecule has 0 aliphatic carbocycles. The van der Waals surface area contributed by atoms with Crippen LogP contribution in [0.1, 0.15) is 18.1 Å². The first-order chi connectivity index (χ1) is 7.51. The van der Waals surface area contributed by atoms with Crippen molar-refractivity contribution >= 4 is 0 Å². The second-order valence-electron chi connectivity index (χ2n) is 3.67. The molecule has 0 aromatic heterocycles. The minimum atomic E-state index is -2.86. The maximum Gasteiger partial charge on any atom is 0.285 e. The number of hydrogen-bond acceptors (Lipinski definition) is 2. The molecule has 0 atom stereocenters. The van der Waals surface area contributed by atoms with Crippen LogP contribution in [0.3, 0.4) is 0 Å². The number of likely N-dealkylation sites (N-methyl/N-ethyl adjacent to an activating group) is 1. The Balaban J connectivity index is 2.94. The fraction of sp³-hybridized carbons (Fsp3) is 0.500. The number of nitrogens with one attached hydrogen (secondary N) is 1. The van der Waals surface area contributed by atoms with E-state index in [9.17, 15) is 8.78 Å². The Bertz CT molecular complexity index is 353. The summed E-state index contributed by atoms with van der Waals surface area (Å²) >= 11 is 0. The monoisotopic (exact) mass is 229 g/mol. The molecule has 0 aliphatic heterocycles. The summed E-state index contributed by atoms with van der Waals surface area (Å²) < 4.78 is 32.4. The van der Waals surface area contributed by atoms with Crippen LogP contribution in [0, 0.1) is 6.92 Å². The largest absolute Gasteiger partial charge is 0.496 e. The summed E-state index contributed by atoms with van der Waals surface area (Å²) in [6, 6.07) is 4.48. The van der Waals surface area contributed by atoms with Gasteiger partial charge in [-0.2, -0.15) is 8.78 Å². The van der Waals surface area contributed by atoms with Crippen molar-refractivity contribution in [1.29, 1.82) is 0 Å². The molecule has 0 amide bonds. The second kappa shape index (κ2) is 5.25. The number of rotatable bonds is 5. The normalized spacial score (nSPS) is 11.6. The minimum Gasteiger partial charge on any atom is -0.496 e. The van der Waals surface area contributed by atoms with Crippen LogP contribution in [0.4, 0.5) is 8.78 Å². The molecule has 1 rings (SSSR count). The Morgan fingerprint density at radius 2 is 2.06 bits per heavy atom. The van der Waals surface area contributed by atoms with Crippen LogP contribution in [0.15, 0.2) is 18.2 Å². The third-order valence-electron chi connectivity index (χ3n) is 2.43. The molecule has 0 radical (unpaired) electrons. The van der Waals surface area contributed by atoms with Crippen molar-refractivity contribution in [3.05, 3.63) is 29.3 Å². The molecule has 1 aromatic carbocycles. The van der Waals surface area contributed by atoms with Crippen LogP contribution in [-0.4, -0.2) is 20.2 Å². The van der Waals surface area contributed by atoms with Crippen LogP contribution < -0.4 is 10.1 Å². The Morgan fingerprint density at radius 1 is 1.38 bits per heavy atom. The van der Waals surface area contributed by atoms with E-state index in [-0.39, 0.29) is 12.1 Å². The van der Waals surface area contributed by atoms with E-state index >= 15 is 0 Å². The van der Waals surface area contributed by atoms with Crippen LogP contribution in [-0.2, 0) is 5.92 Å². The number of benzene rings is 1. The third kappa shape index (κ3) is 2.92. The zero-order valence-corrected chi connectivity index (χ0v) is 9.81. The molecule has 16 heavy (non-hydrogen) atoms. The van der Waals surface area contributed by atoms with Gasteiger partial charge in [0, 0.05) is 5.56 Å². The zero-order valence-electron chi connectivity index (χ0n) is 9.81. The zero-order chi connectivity index (χ0) is 12.2. The summed E-state index contributed by atoms with van der Waals surface area (Å²) in [5, 5.41) is 2.65. The first kappa shape index (κ1) is 12.9. The lowest BCUT2D eigenvalue weighted by molar-refractivity contribution is -0.00279. The number of methoxy groups -OCH3 is 1. The lowest BCUT2D eigenvalue weighted by atomic mass is 10.1. The molecule has 1 aromatic rings. The van der Waals surface area contributed by atoms with Gasteiger partial charge in [-0.25, -0.2) is 0 Å². The maximum absolute atomic E-state index is 13.7. The van der Waals surface area contributed by atoms with Gasteiger partial charge in [-0.3, -0.25) is 0 Å². The molecule has 0 spiro atoms. The minimum absolute atomic E-state index is 0.0177. The van der Waals surface area contributed by atoms with E-state index < -0.39 is 5.92 Å². The van der Waals surface area contributed by atoms with Crippen molar-refractivity contribution in [1.82, 2.24) is 5.32 Å². The van der Waals surface area contributed by atoms with Gasteiger partial charge in [0.15, 0.2) is 0 Å². The van der Waals surface area contributed by atoms with Gasteiger partial charge in [-0.1, -0.05) is 19.1 Å². The van der Waals surface area contributed by atoms with Gasteiger partial charge in [-0.05, 0) is 25.1 Å². The summed E-state index contributed by atoms with van der Waals surface area (Å²) in [5.41, 5.74) is 0.835. The van der Waals surface area contributed by atoms with Crippen LogP contribution in [0.2, 0.25) is 0 Å². The summed E-state index contributed by atoms with van der Waals surface area (Å²) in [5.74, 6) is -2.37. The molecular weight excluding hydrogens is 212 g/mol. The highest BCUT2D eigenvalue weighted by Gasteiger charge is 2.31. The Morgan fingerprint density at radius 3 is 2.62 bits per heavy atom. The number of ether oxygens (including phenoxy) is 1. The Labute approximate surface area is 94.6 Å². The summed E-state index contributed by atoms with van der Waals surface area (Å²) in [6.45, 7) is 3.80. The highest BCUT2D eigenvalue weighted by Crippen LogP contribution is 2.31. The molecule has 2 nitrogen and oxygen atoms in total. The van der Waals surface area contributed by atoms with E-state index in [0.717, 1.165) is 5.56 Å². The molecule has 0 fully saturated rings. The number of alkyl halides is 2. The average Bonchev–Trinajstić information content (AvgIpc) is 2.27. The van der Waals surface area contributed by atoms with Gasteiger partial charge in [0.2, 0.25) is 0 Å². The van der Waals surface area contributed by atoms with E-state index in [1.165, 1.54) is 19.2 Å². The van der Waals surface area contributed by atoms with E-state index in [1.54, 1.807) is 13.0 Å².